The fourth-order valence-electron chi connectivity index (χ4n) is 2.25. The minimum Gasteiger partial charge on any atom is -0.497 e. The van der Waals surface area contributed by atoms with Crippen LogP contribution in [0.3, 0.4) is 0 Å². The minimum atomic E-state index is 0.354. The number of nitrogens with one attached hydrogen (secondary N) is 1. The standard InChI is InChI=1S/C19H27NO/c1-14(19(2,3)4)12-20-13-15-6-7-17-11-18(21-5)9-8-16(17)10-15/h6-11,14,20H,12-13H2,1-5H3. The van der Waals surface area contributed by atoms with Crippen molar-refractivity contribution in [3.8, 4) is 5.75 Å². The van der Waals surface area contributed by atoms with Crippen molar-refractivity contribution in [1.29, 1.82) is 0 Å². The Balaban J connectivity index is 2.00. The van der Waals surface area contributed by atoms with E-state index in [0.717, 1.165) is 18.8 Å². The van der Waals surface area contributed by atoms with Gasteiger partial charge in [0.1, 0.15) is 5.75 Å². The molecule has 21 heavy (non-hydrogen) atoms. The van der Waals surface area contributed by atoms with E-state index in [-0.39, 0.29) is 0 Å². The highest BCUT2D eigenvalue weighted by Gasteiger charge is 2.19. The summed E-state index contributed by atoms with van der Waals surface area (Å²) in [6.07, 6.45) is 0. The molecule has 0 amide bonds. The Labute approximate surface area is 128 Å². The van der Waals surface area contributed by atoms with Gasteiger partial charge in [0.05, 0.1) is 7.11 Å². The van der Waals surface area contributed by atoms with Crippen LogP contribution in [0.1, 0.15) is 33.3 Å². The molecule has 1 atom stereocenters. The van der Waals surface area contributed by atoms with Gasteiger partial charge in [0, 0.05) is 6.54 Å². The molecule has 2 aromatic rings. The highest BCUT2D eigenvalue weighted by Crippen LogP contribution is 2.25. The maximum atomic E-state index is 5.26. The summed E-state index contributed by atoms with van der Waals surface area (Å²) in [6.45, 7) is 11.2. The Morgan fingerprint density at radius 1 is 1.05 bits per heavy atom. The smallest absolute Gasteiger partial charge is 0.119 e. The van der Waals surface area contributed by atoms with Crippen molar-refractivity contribution in [1.82, 2.24) is 5.32 Å². The van der Waals surface area contributed by atoms with E-state index in [9.17, 15) is 0 Å². The molecule has 114 valence electrons. The van der Waals surface area contributed by atoms with Gasteiger partial charge in [-0.25, -0.2) is 0 Å². The summed E-state index contributed by atoms with van der Waals surface area (Å²) in [4.78, 5) is 0. The van der Waals surface area contributed by atoms with Gasteiger partial charge >= 0.3 is 0 Å². The van der Waals surface area contributed by atoms with Crippen molar-refractivity contribution in [2.75, 3.05) is 13.7 Å². The highest BCUT2D eigenvalue weighted by atomic mass is 16.5. The summed E-state index contributed by atoms with van der Waals surface area (Å²) in [6, 6.07) is 12.8. The molecule has 0 aromatic heterocycles. The van der Waals surface area contributed by atoms with Gasteiger partial charge in [-0.3, -0.25) is 0 Å². The monoisotopic (exact) mass is 285 g/mol. The van der Waals surface area contributed by atoms with Crippen LogP contribution >= 0.6 is 0 Å². The molecule has 0 radical (unpaired) electrons. The van der Waals surface area contributed by atoms with Crippen LogP contribution in [-0.2, 0) is 6.54 Å². The number of fused-ring (bicyclic) bond motifs is 1. The second kappa shape index (κ2) is 6.48. The first-order valence-corrected chi connectivity index (χ1v) is 7.67. The zero-order chi connectivity index (χ0) is 15.5. The molecule has 0 fully saturated rings. The molecule has 0 saturated carbocycles. The third kappa shape index (κ3) is 4.21. The minimum absolute atomic E-state index is 0.354. The second-order valence-corrected chi connectivity index (χ2v) is 6.95. The van der Waals surface area contributed by atoms with Crippen LogP contribution in [0, 0.1) is 11.3 Å². The Hall–Kier alpha value is -1.54. The molecular formula is C19H27NO. The lowest BCUT2D eigenvalue weighted by molar-refractivity contribution is 0.252. The number of rotatable bonds is 5. The van der Waals surface area contributed by atoms with Crippen LogP contribution in [0.25, 0.3) is 10.8 Å². The normalized spacial score (nSPS) is 13.4. The predicted octanol–water partition coefficient (Wildman–Crippen LogP) is 4.62. The number of methoxy groups -OCH3 is 1. The summed E-state index contributed by atoms with van der Waals surface area (Å²) in [5.74, 6) is 1.56. The van der Waals surface area contributed by atoms with Crippen LogP contribution in [0.2, 0.25) is 0 Å². The van der Waals surface area contributed by atoms with Crippen LogP contribution in [0.4, 0.5) is 0 Å². The van der Waals surface area contributed by atoms with Crippen molar-refractivity contribution < 1.29 is 4.74 Å². The van der Waals surface area contributed by atoms with Gasteiger partial charge in [0.2, 0.25) is 0 Å². The molecule has 2 heteroatoms. The van der Waals surface area contributed by atoms with E-state index < -0.39 is 0 Å². The summed E-state index contributed by atoms with van der Waals surface area (Å²) >= 11 is 0. The summed E-state index contributed by atoms with van der Waals surface area (Å²) in [7, 11) is 1.70. The molecular weight excluding hydrogens is 258 g/mol. The van der Waals surface area contributed by atoms with E-state index in [0.29, 0.717) is 11.3 Å². The number of ether oxygens (including phenoxy) is 1. The van der Waals surface area contributed by atoms with Crippen LogP contribution in [0.5, 0.6) is 5.75 Å². The molecule has 0 saturated heterocycles. The zero-order valence-electron chi connectivity index (χ0n) is 13.9. The average molecular weight is 285 g/mol. The Kier molecular flexibility index (Phi) is 4.89. The Bertz CT molecular complexity index is 598. The summed E-state index contributed by atoms with van der Waals surface area (Å²) in [5.41, 5.74) is 1.68. The van der Waals surface area contributed by atoms with E-state index in [4.69, 9.17) is 4.74 Å². The largest absolute Gasteiger partial charge is 0.497 e. The van der Waals surface area contributed by atoms with Crippen molar-refractivity contribution in [2.24, 2.45) is 11.3 Å². The fraction of sp³-hybridized carbons (Fsp3) is 0.474. The van der Waals surface area contributed by atoms with Gasteiger partial charge in [-0.2, -0.15) is 0 Å². The molecule has 1 unspecified atom stereocenters. The zero-order valence-corrected chi connectivity index (χ0v) is 13.9. The highest BCUT2D eigenvalue weighted by molar-refractivity contribution is 5.84. The van der Waals surface area contributed by atoms with Gasteiger partial charge in [-0.1, -0.05) is 45.9 Å². The molecule has 0 spiro atoms. The van der Waals surface area contributed by atoms with Gasteiger partial charge in [-0.15, -0.1) is 0 Å². The molecule has 0 aliphatic carbocycles. The van der Waals surface area contributed by atoms with Gasteiger partial charge in [-0.05, 0) is 52.4 Å². The number of hydrogen-bond donors (Lipinski definition) is 1. The molecule has 0 heterocycles. The third-order valence-corrected chi connectivity index (χ3v) is 4.37. The summed E-state index contributed by atoms with van der Waals surface area (Å²) in [5, 5.41) is 6.06. The molecule has 0 aliphatic heterocycles. The Morgan fingerprint density at radius 2 is 1.71 bits per heavy atom. The second-order valence-electron chi connectivity index (χ2n) is 6.95. The number of benzene rings is 2. The fourth-order valence-corrected chi connectivity index (χ4v) is 2.25. The van der Waals surface area contributed by atoms with E-state index in [1.807, 2.05) is 6.07 Å². The maximum absolute atomic E-state index is 5.26. The number of hydrogen-bond acceptors (Lipinski definition) is 2. The molecule has 1 N–H and O–H groups in total. The Morgan fingerprint density at radius 3 is 2.38 bits per heavy atom. The molecule has 0 aliphatic rings. The molecule has 2 nitrogen and oxygen atoms in total. The van der Waals surface area contributed by atoms with Gasteiger partial charge in [0.25, 0.3) is 0 Å². The van der Waals surface area contributed by atoms with Gasteiger partial charge < -0.3 is 10.1 Å². The first-order chi connectivity index (χ1) is 9.90. The van der Waals surface area contributed by atoms with E-state index >= 15 is 0 Å². The average Bonchev–Trinajstić information content (AvgIpc) is 2.45. The van der Waals surface area contributed by atoms with Crippen LogP contribution in [-0.4, -0.2) is 13.7 Å². The van der Waals surface area contributed by atoms with Gasteiger partial charge in [0.15, 0.2) is 0 Å². The van der Waals surface area contributed by atoms with Crippen LogP contribution < -0.4 is 10.1 Å². The van der Waals surface area contributed by atoms with E-state index in [2.05, 4.69) is 63.3 Å². The SMILES string of the molecule is COc1ccc2cc(CNCC(C)C(C)(C)C)ccc2c1. The van der Waals surface area contributed by atoms with Crippen molar-refractivity contribution in [3.63, 3.8) is 0 Å². The predicted molar refractivity (Wildman–Crippen MR) is 90.8 cm³/mol. The quantitative estimate of drug-likeness (QED) is 0.865. The van der Waals surface area contributed by atoms with Crippen molar-refractivity contribution >= 4 is 10.8 Å². The van der Waals surface area contributed by atoms with E-state index in [1.54, 1.807) is 7.11 Å². The first-order valence-electron chi connectivity index (χ1n) is 7.67. The molecule has 0 bridgehead atoms. The van der Waals surface area contributed by atoms with Crippen LogP contribution in [0.15, 0.2) is 36.4 Å². The lowest BCUT2D eigenvalue weighted by Gasteiger charge is -2.27. The lowest BCUT2D eigenvalue weighted by atomic mass is 9.82. The maximum Gasteiger partial charge on any atom is 0.119 e. The third-order valence-electron chi connectivity index (χ3n) is 4.37. The molecule has 2 aromatic carbocycles. The summed E-state index contributed by atoms with van der Waals surface area (Å²) < 4.78 is 5.26. The molecule has 2 rings (SSSR count). The van der Waals surface area contributed by atoms with E-state index in [1.165, 1.54) is 16.3 Å². The topological polar surface area (TPSA) is 21.3 Å². The van der Waals surface area contributed by atoms with Crippen molar-refractivity contribution in [2.45, 2.75) is 34.2 Å². The first kappa shape index (κ1) is 15.8. The van der Waals surface area contributed by atoms with Crippen molar-refractivity contribution in [3.05, 3.63) is 42.0 Å². The lowest BCUT2D eigenvalue weighted by Crippen LogP contribution is -2.29.